The average molecular weight is 329 g/mol. The van der Waals surface area contributed by atoms with E-state index in [0.29, 0.717) is 11.6 Å². The minimum absolute atomic E-state index is 0.0124. The van der Waals surface area contributed by atoms with Gasteiger partial charge in [-0.05, 0) is 69.8 Å². The first-order chi connectivity index (χ1) is 11.6. The number of amides is 2. The molecule has 0 bridgehead atoms. The Morgan fingerprint density at radius 1 is 1.08 bits per heavy atom. The number of hydrogen-bond acceptors (Lipinski definition) is 3. The van der Waals surface area contributed by atoms with Crippen molar-refractivity contribution in [3.8, 4) is 0 Å². The van der Waals surface area contributed by atoms with Crippen molar-refractivity contribution in [1.29, 1.82) is 0 Å². The number of nitrogens with zero attached hydrogens (tertiary/aromatic N) is 1. The van der Waals surface area contributed by atoms with Crippen molar-refractivity contribution in [2.75, 3.05) is 18.4 Å². The van der Waals surface area contributed by atoms with Crippen LogP contribution in [-0.2, 0) is 4.79 Å². The molecular weight excluding hydrogens is 302 g/mol. The van der Waals surface area contributed by atoms with Crippen molar-refractivity contribution in [1.82, 2.24) is 10.2 Å². The van der Waals surface area contributed by atoms with Crippen molar-refractivity contribution in [2.45, 2.75) is 57.5 Å². The van der Waals surface area contributed by atoms with E-state index in [2.05, 4.69) is 17.6 Å². The number of benzene rings is 1. The molecule has 130 valence electrons. The smallest absolute Gasteiger partial charge is 0.254 e. The molecule has 5 nitrogen and oxygen atoms in total. The molecule has 2 atom stereocenters. The molecule has 0 spiro atoms. The summed E-state index contributed by atoms with van der Waals surface area (Å²) in [7, 11) is 0. The second-order valence-corrected chi connectivity index (χ2v) is 6.91. The van der Waals surface area contributed by atoms with Gasteiger partial charge in [-0.25, -0.2) is 0 Å². The maximum absolute atomic E-state index is 12.6. The Bertz CT molecular complexity index is 579. The summed E-state index contributed by atoms with van der Waals surface area (Å²) in [5.74, 6) is 0.104. The number of carbonyl (C=O) groups is 2. The van der Waals surface area contributed by atoms with Crippen LogP contribution < -0.4 is 10.6 Å². The molecule has 2 amide bonds. The number of likely N-dealkylation sites (tertiary alicyclic amines) is 1. The van der Waals surface area contributed by atoms with E-state index in [1.165, 1.54) is 6.42 Å². The highest BCUT2D eigenvalue weighted by molar-refractivity contribution is 5.97. The standard InChI is InChI=1S/C19H27N3O2/c1-14-6-3-5-13-22(14)19(24)15-8-10-16(11-9-15)21-18(23)17-7-2-4-12-20-17/h8-11,14,17,20H,2-7,12-13H2,1H3,(H,21,23). The fraction of sp³-hybridized carbons (Fsp3) is 0.579. The van der Waals surface area contributed by atoms with E-state index in [0.717, 1.165) is 50.9 Å². The number of rotatable bonds is 3. The molecule has 24 heavy (non-hydrogen) atoms. The summed E-state index contributed by atoms with van der Waals surface area (Å²) in [5.41, 5.74) is 1.44. The SMILES string of the molecule is CC1CCCCN1C(=O)c1ccc(NC(=O)C2CCCCN2)cc1. The zero-order valence-electron chi connectivity index (χ0n) is 14.4. The molecule has 0 aliphatic carbocycles. The second kappa shape index (κ2) is 7.79. The lowest BCUT2D eigenvalue weighted by molar-refractivity contribution is -0.118. The van der Waals surface area contributed by atoms with Crippen molar-refractivity contribution >= 4 is 17.5 Å². The van der Waals surface area contributed by atoms with Gasteiger partial charge in [-0.3, -0.25) is 9.59 Å². The van der Waals surface area contributed by atoms with Crippen molar-refractivity contribution in [3.05, 3.63) is 29.8 Å². The first kappa shape index (κ1) is 17.0. The van der Waals surface area contributed by atoms with Crippen LogP contribution in [0.4, 0.5) is 5.69 Å². The third-order valence-corrected chi connectivity index (χ3v) is 5.09. The fourth-order valence-electron chi connectivity index (χ4n) is 3.57. The summed E-state index contributed by atoms with van der Waals surface area (Å²) < 4.78 is 0. The Hall–Kier alpha value is -1.88. The molecule has 0 aromatic heterocycles. The lowest BCUT2D eigenvalue weighted by Gasteiger charge is -2.33. The molecule has 2 fully saturated rings. The predicted molar refractivity (Wildman–Crippen MR) is 95.1 cm³/mol. The molecule has 2 heterocycles. The summed E-state index contributed by atoms with van der Waals surface area (Å²) in [6.45, 7) is 3.86. The van der Waals surface area contributed by atoms with Crippen molar-refractivity contribution < 1.29 is 9.59 Å². The van der Waals surface area contributed by atoms with Crippen LogP contribution in [0.3, 0.4) is 0 Å². The van der Waals surface area contributed by atoms with Gasteiger partial charge in [-0.2, -0.15) is 0 Å². The highest BCUT2D eigenvalue weighted by Gasteiger charge is 2.24. The zero-order chi connectivity index (χ0) is 16.9. The van der Waals surface area contributed by atoms with Crippen LogP contribution in [0.25, 0.3) is 0 Å². The van der Waals surface area contributed by atoms with Crippen LogP contribution in [0.15, 0.2) is 24.3 Å². The molecule has 0 radical (unpaired) electrons. The summed E-state index contributed by atoms with van der Waals surface area (Å²) in [6.07, 6.45) is 6.47. The molecule has 2 N–H and O–H groups in total. The normalized spacial score (nSPS) is 24.5. The Morgan fingerprint density at radius 3 is 2.50 bits per heavy atom. The van der Waals surface area contributed by atoms with Crippen LogP contribution in [0, 0.1) is 0 Å². The minimum Gasteiger partial charge on any atom is -0.336 e. The Kier molecular flexibility index (Phi) is 5.51. The number of anilines is 1. The van der Waals surface area contributed by atoms with E-state index in [1.807, 2.05) is 29.2 Å². The Labute approximate surface area is 143 Å². The van der Waals surface area contributed by atoms with Gasteiger partial charge in [0.1, 0.15) is 0 Å². The molecule has 1 aromatic rings. The quantitative estimate of drug-likeness (QED) is 0.896. The molecule has 2 aliphatic heterocycles. The lowest BCUT2D eigenvalue weighted by atomic mass is 10.0. The highest BCUT2D eigenvalue weighted by atomic mass is 16.2. The van der Waals surface area contributed by atoms with Crippen LogP contribution in [0.1, 0.15) is 55.8 Å². The van der Waals surface area contributed by atoms with E-state index in [4.69, 9.17) is 0 Å². The van der Waals surface area contributed by atoms with Gasteiger partial charge in [0, 0.05) is 23.8 Å². The molecule has 3 rings (SSSR count). The summed E-state index contributed by atoms with van der Waals surface area (Å²) >= 11 is 0. The first-order valence-electron chi connectivity index (χ1n) is 9.10. The Morgan fingerprint density at radius 2 is 1.83 bits per heavy atom. The monoisotopic (exact) mass is 329 g/mol. The molecule has 2 aliphatic rings. The van der Waals surface area contributed by atoms with E-state index in [1.54, 1.807) is 0 Å². The van der Waals surface area contributed by atoms with Gasteiger partial charge in [0.15, 0.2) is 0 Å². The Balaban J connectivity index is 1.60. The maximum atomic E-state index is 12.6. The molecule has 5 heteroatoms. The van der Waals surface area contributed by atoms with Gasteiger partial charge in [-0.1, -0.05) is 6.42 Å². The van der Waals surface area contributed by atoms with E-state index >= 15 is 0 Å². The lowest BCUT2D eigenvalue weighted by Crippen LogP contribution is -2.43. The highest BCUT2D eigenvalue weighted by Crippen LogP contribution is 2.20. The van der Waals surface area contributed by atoms with E-state index in [9.17, 15) is 9.59 Å². The van der Waals surface area contributed by atoms with Crippen LogP contribution >= 0.6 is 0 Å². The first-order valence-corrected chi connectivity index (χ1v) is 9.10. The second-order valence-electron chi connectivity index (χ2n) is 6.91. The topological polar surface area (TPSA) is 61.4 Å². The number of carbonyl (C=O) groups excluding carboxylic acids is 2. The number of hydrogen-bond donors (Lipinski definition) is 2. The third kappa shape index (κ3) is 3.96. The van der Waals surface area contributed by atoms with Crippen LogP contribution in [0.2, 0.25) is 0 Å². The van der Waals surface area contributed by atoms with Gasteiger partial charge < -0.3 is 15.5 Å². The van der Waals surface area contributed by atoms with Gasteiger partial charge in [0.25, 0.3) is 5.91 Å². The van der Waals surface area contributed by atoms with Gasteiger partial charge in [-0.15, -0.1) is 0 Å². The van der Waals surface area contributed by atoms with E-state index in [-0.39, 0.29) is 17.9 Å². The van der Waals surface area contributed by atoms with Crippen LogP contribution in [0.5, 0.6) is 0 Å². The van der Waals surface area contributed by atoms with Gasteiger partial charge >= 0.3 is 0 Å². The molecule has 2 unspecified atom stereocenters. The maximum Gasteiger partial charge on any atom is 0.254 e. The fourth-order valence-corrected chi connectivity index (χ4v) is 3.57. The summed E-state index contributed by atoms with van der Waals surface area (Å²) in [4.78, 5) is 26.8. The van der Waals surface area contributed by atoms with Gasteiger partial charge in [0.2, 0.25) is 5.91 Å². The number of nitrogens with one attached hydrogen (secondary N) is 2. The largest absolute Gasteiger partial charge is 0.336 e. The zero-order valence-corrected chi connectivity index (χ0v) is 14.4. The third-order valence-electron chi connectivity index (χ3n) is 5.09. The molecule has 2 saturated heterocycles. The minimum atomic E-state index is -0.103. The number of piperidine rings is 2. The molecular formula is C19H27N3O2. The molecule has 1 aromatic carbocycles. The van der Waals surface area contributed by atoms with Crippen molar-refractivity contribution in [3.63, 3.8) is 0 Å². The van der Waals surface area contributed by atoms with Gasteiger partial charge in [0.05, 0.1) is 6.04 Å². The van der Waals surface area contributed by atoms with Crippen molar-refractivity contribution in [2.24, 2.45) is 0 Å². The van der Waals surface area contributed by atoms with Crippen LogP contribution in [-0.4, -0.2) is 41.9 Å². The molecule has 0 saturated carbocycles. The average Bonchev–Trinajstić information content (AvgIpc) is 2.63. The van der Waals surface area contributed by atoms with E-state index < -0.39 is 0 Å². The predicted octanol–water partition coefficient (Wildman–Crippen LogP) is 2.78. The summed E-state index contributed by atoms with van der Waals surface area (Å²) in [6, 6.07) is 7.48. The summed E-state index contributed by atoms with van der Waals surface area (Å²) in [5, 5.41) is 6.18.